The molecule has 0 radical (unpaired) electrons. The lowest BCUT2D eigenvalue weighted by Gasteiger charge is -2.17. The van der Waals surface area contributed by atoms with Crippen molar-refractivity contribution in [2.24, 2.45) is 0 Å². The van der Waals surface area contributed by atoms with Gasteiger partial charge in [-0.15, -0.1) is 0 Å². The zero-order valence-electron chi connectivity index (χ0n) is 10.2. The Labute approximate surface area is 116 Å². The third-order valence-electron chi connectivity index (χ3n) is 2.95. The number of phenolic OH excluding ortho intramolecular Hbond substituents is 1. The Morgan fingerprint density at radius 2 is 1.94 bits per heavy atom. The highest BCUT2D eigenvalue weighted by Gasteiger charge is 2.10. The van der Waals surface area contributed by atoms with E-state index in [1.54, 1.807) is 6.07 Å². The van der Waals surface area contributed by atoms with Gasteiger partial charge in [-0.3, -0.25) is 0 Å². The first-order valence-corrected chi connectivity index (χ1v) is 6.69. The molecular weight excluding hydrogens is 290 g/mol. The molecule has 0 aromatic heterocycles. The number of hydrogen-bond acceptors (Lipinski definition) is 2. The summed E-state index contributed by atoms with van der Waals surface area (Å²) in [6.45, 7) is 0. The van der Waals surface area contributed by atoms with E-state index in [2.05, 4.69) is 33.4 Å². The van der Waals surface area contributed by atoms with Gasteiger partial charge in [-0.25, -0.2) is 0 Å². The predicted molar refractivity (Wildman–Crippen MR) is 77.8 cm³/mol. The lowest BCUT2D eigenvalue weighted by Crippen LogP contribution is -2.18. The van der Waals surface area contributed by atoms with Crippen molar-refractivity contribution < 1.29 is 5.11 Å². The van der Waals surface area contributed by atoms with E-state index >= 15 is 0 Å². The number of halogens is 1. The summed E-state index contributed by atoms with van der Waals surface area (Å²) in [7, 11) is 1.95. The van der Waals surface area contributed by atoms with E-state index in [4.69, 9.17) is 0 Å². The van der Waals surface area contributed by atoms with Gasteiger partial charge in [0.2, 0.25) is 0 Å². The Hall–Kier alpha value is -1.32. The molecule has 0 fully saturated rings. The molecule has 0 aliphatic carbocycles. The van der Waals surface area contributed by atoms with E-state index < -0.39 is 0 Å². The van der Waals surface area contributed by atoms with Crippen LogP contribution in [0.5, 0.6) is 5.75 Å². The van der Waals surface area contributed by atoms with Crippen LogP contribution in [-0.4, -0.2) is 12.2 Å². The summed E-state index contributed by atoms with van der Waals surface area (Å²) in [5.41, 5.74) is 2.35. The molecule has 1 atom stereocenters. The number of rotatable bonds is 4. The smallest absolute Gasteiger partial charge is 0.115 e. The fourth-order valence-electron chi connectivity index (χ4n) is 2.03. The molecule has 0 aliphatic rings. The summed E-state index contributed by atoms with van der Waals surface area (Å²) in [6, 6.07) is 15.9. The van der Waals surface area contributed by atoms with Gasteiger partial charge in [0.25, 0.3) is 0 Å². The van der Waals surface area contributed by atoms with E-state index in [0.29, 0.717) is 5.75 Å². The number of hydrogen-bond donors (Lipinski definition) is 2. The summed E-state index contributed by atoms with van der Waals surface area (Å²) in [5.74, 6) is 0.316. The first kappa shape index (κ1) is 13.1. The maximum absolute atomic E-state index is 9.49. The molecule has 2 aromatic rings. The maximum atomic E-state index is 9.49. The Morgan fingerprint density at radius 3 is 2.61 bits per heavy atom. The van der Waals surface area contributed by atoms with Crippen molar-refractivity contribution in [2.75, 3.05) is 7.05 Å². The Bertz CT molecular complexity index is 527. The largest absolute Gasteiger partial charge is 0.508 e. The van der Waals surface area contributed by atoms with Crippen LogP contribution in [0.4, 0.5) is 0 Å². The molecule has 1 unspecified atom stereocenters. The van der Waals surface area contributed by atoms with Gasteiger partial charge in [0.05, 0.1) is 0 Å². The van der Waals surface area contributed by atoms with Crippen LogP contribution in [-0.2, 0) is 6.42 Å². The van der Waals surface area contributed by atoms with Crippen LogP contribution in [0.3, 0.4) is 0 Å². The quantitative estimate of drug-likeness (QED) is 0.903. The van der Waals surface area contributed by atoms with Crippen LogP contribution in [0, 0.1) is 0 Å². The maximum Gasteiger partial charge on any atom is 0.115 e. The molecule has 0 saturated heterocycles. The summed E-state index contributed by atoms with van der Waals surface area (Å²) in [5, 5.41) is 12.8. The summed E-state index contributed by atoms with van der Waals surface area (Å²) in [4.78, 5) is 0. The second kappa shape index (κ2) is 6.03. The Balaban J connectivity index is 2.19. The van der Waals surface area contributed by atoms with Gasteiger partial charge in [-0.1, -0.05) is 40.2 Å². The van der Waals surface area contributed by atoms with Gasteiger partial charge in [-0.2, -0.15) is 0 Å². The number of phenols is 1. The van der Waals surface area contributed by atoms with E-state index in [9.17, 15) is 5.11 Å². The van der Waals surface area contributed by atoms with Crippen molar-refractivity contribution in [1.29, 1.82) is 0 Å². The molecule has 2 rings (SSSR count). The number of benzene rings is 2. The number of aromatic hydroxyl groups is 1. The minimum Gasteiger partial charge on any atom is -0.508 e. The summed E-state index contributed by atoms with van der Waals surface area (Å²) in [6.07, 6.45) is 0.849. The van der Waals surface area contributed by atoms with E-state index in [1.807, 2.05) is 37.4 Å². The lowest BCUT2D eigenvalue weighted by atomic mass is 9.99. The molecule has 3 heteroatoms. The minimum atomic E-state index is 0.240. The SMILES string of the molecule is CNC(Cc1cccc(O)c1)c1cccc(Br)c1. The Kier molecular flexibility index (Phi) is 4.39. The van der Waals surface area contributed by atoms with Crippen LogP contribution in [0.15, 0.2) is 53.0 Å². The fraction of sp³-hybridized carbons (Fsp3) is 0.200. The third kappa shape index (κ3) is 3.34. The monoisotopic (exact) mass is 305 g/mol. The first-order valence-electron chi connectivity index (χ1n) is 5.89. The zero-order valence-corrected chi connectivity index (χ0v) is 11.8. The molecule has 94 valence electrons. The van der Waals surface area contributed by atoms with Gasteiger partial charge in [0, 0.05) is 10.5 Å². The minimum absolute atomic E-state index is 0.240. The van der Waals surface area contributed by atoms with Crippen LogP contribution < -0.4 is 5.32 Å². The molecule has 2 nitrogen and oxygen atoms in total. The highest BCUT2D eigenvalue weighted by atomic mass is 79.9. The van der Waals surface area contributed by atoms with Crippen molar-refractivity contribution in [3.63, 3.8) is 0 Å². The summed E-state index contributed by atoms with van der Waals surface area (Å²) < 4.78 is 1.08. The second-order valence-electron chi connectivity index (χ2n) is 4.27. The molecule has 18 heavy (non-hydrogen) atoms. The predicted octanol–water partition coefficient (Wildman–Crippen LogP) is 3.66. The lowest BCUT2D eigenvalue weighted by molar-refractivity contribution is 0.473. The van der Waals surface area contributed by atoms with Crippen LogP contribution in [0.1, 0.15) is 17.2 Å². The fourth-order valence-corrected chi connectivity index (χ4v) is 2.45. The highest BCUT2D eigenvalue weighted by Crippen LogP contribution is 2.22. The molecule has 2 N–H and O–H groups in total. The van der Waals surface area contributed by atoms with Crippen molar-refractivity contribution in [3.8, 4) is 5.75 Å². The topological polar surface area (TPSA) is 32.3 Å². The van der Waals surface area contributed by atoms with Crippen LogP contribution in [0.2, 0.25) is 0 Å². The zero-order chi connectivity index (χ0) is 13.0. The molecule has 0 spiro atoms. The summed E-state index contributed by atoms with van der Waals surface area (Å²) >= 11 is 3.49. The van der Waals surface area contributed by atoms with E-state index in [0.717, 1.165) is 16.5 Å². The van der Waals surface area contributed by atoms with Crippen molar-refractivity contribution in [1.82, 2.24) is 5.32 Å². The third-order valence-corrected chi connectivity index (χ3v) is 3.44. The molecule has 0 bridgehead atoms. The Morgan fingerprint density at radius 1 is 1.17 bits per heavy atom. The molecule has 2 aromatic carbocycles. The van der Waals surface area contributed by atoms with Crippen molar-refractivity contribution in [2.45, 2.75) is 12.5 Å². The van der Waals surface area contributed by atoms with Gasteiger partial charge in [0.15, 0.2) is 0 Å². The molecule has 0 aliphatic heterocycles. The van der Waals surface area contributed by atoms with Gasteiger partial charge in [-0.05, 0) is 48.9 Å². The average molecular weight is 306 g/mol. The standard InChI is InChI=1S/C15H16BrNO/c1-17-15(12-5-3-6-13(16)10-12)9-11-4-2-7-14(18)8-11/h2-8,10,15,17-18H,9H2,1H3. The van der Waals surface area contributed by atoms with Gasteiger partial charge < -0.3 is 10.4 Å². The molecule has 0 amide bonds. The van der Waals surface area contributed by atoms with Gasteiger partial charge >= 0.3 is 0 Å². The molecular formula is C15H16BrNO. The van der Waals surface area contributed by atoms with Crippen molar-refractivity contribution >= 4 is 15.9 Å². The number of nitrogens with one attached hydrogen (secondary N) is 1. The second-order valence-corrected chi connectivity index (χ2v) is 5.19. The normalized spacial score (nSPS) is 12.3. The van der Waals surface area contributed by atoms with Crippen LogP contribution in [0.25, 0.3) is 0 Å². The molecule has 0 saturated carbocycles. The van der Waals surface area contributed by atoms with E-state index in [1.165, 1.54) is 5.56 Å². The first-order chi connectivity index (χ1) is 8.69. The highest BCUT2D eigenvalue weighted by molar-refractivity contribution is 9.10. The van der Waals surface area contributed by atoms with E-state index in [-0.39, 0.29) is 6.04 Å². The molecule has 0 heterocycles. The van der Waals surface area contributed by atoms with Crippen molar-refractivity contribution in [3.05, 3.63) is 64.1 Å². The van der Waals surface area contributed by atoms with Crippen LogP contribution >= 0.6 is 15.9 Å². The van der Waals surface area contributed by atoms with Gasteiger partial charge in [0.1, 0.15) is 5.75 Å². The number of likely N-dealkylation sites (N-methyl/N-ethyl adjacent to an activating group) is 1. The average Bonchev–Trinajstić information content (AvgIpc) is 2.36.